The highest BCUT2D eigenvalue weighted by atomic mass is 15.1. The Kier molecular flexibility index (Phi) is 7.03. The van der Waals surface area contributed by atoms with Crippen molar-refractivity contribution in [2.24, 2.45) is 5.92 Å². The Labute approximate surface area is 95.4 Å². The minimum Gasteiger partial charge on any atom is -0.316 e. The SMILES string of the molecule is CCCC(C)CNCCCN1CCCC1. The van der Waals surface area contributed by atoms with Crippen molar-refractivity contribution < 1.29 is 0 Å². The van der Waals surface area contributed by atoms with E-state index < -0.39 is 0 Å². The van der Waals surface area contributed by atoms with Gasteiger partial charge in [-0.05, 0) is 64.3 Å². The van der Waals surface area contributed by atoms with E-state index in [1.807, 2.05) is 0 Å². The van der Waals surface area contributed by atoms with Crippen LogP contribution < -0.4 is 5.32 Å². The average Bonchev–Trinajstić information content (AvgIpc) is 2.70. The first-order valence-electron chi connectivity index (χ1n) is 6.76. The fourth-order valence-electron chi connectivity index (χ4n) is 2.38. The molecule has 1 heterocycles. The van der Waals surface area contributed by atoms with Crippen LogP contribution in [0.25, 0.3) is 0 Å². The van der Waals surface area contributed by atoms with Crippen LogP contribution in [0.3, 0.4) is 0 Å². The third kappa shape index (κ3) is 6.16. The van der Waals surface area contributed by atoms with Gasteiger partial charge in [-0.3, -0.25) is 0 Å². The summed E-state index contributed by atoms with van der Waals surface area (Å²) in [6.07, 6.45) is 6.83. The van der Waals surface area contributed by atoms with E-state index in [0.717, 1.165) is 5.92 Å². The quantitative estimate of drug-likeness (QED) is 0.622. The molecule has 0 amide bonds. The molecule has 0 radical (unpaired) electrons. The Morgan fingerprint density at radius 2 is 2.00 bits per heavy atom. The van der Waals surface area contributed by atoms with Gasteiger partial charge in [0, 0.05) is 0 Å². The van der Waals surface area contributed by atoms with Gasteiger partial charge >= 0.3 is 0 Å². The van der Waals surface area contributed by atoms with Crippen LogP contribution in [0.2, 0.25) is 0 Å². The Hall–Kier alpha value is -0.0800. The molecular weight excluding hydrogens is 184 g/mol. The molecule has 0 bridgehead atoms. The highest BCUT2D eigenvalue weighted by molar-refractivity contribution is 4.66. The second-order valence-electron chi connectivity index (χ2n) is 5.00. The van der Waals surface area contributed by atoms with E-state index >= 15 is 0 Å². The summed E-state index contributed by atoms with van der Waals surface area (Å²) in [6.45, 7) is 11.0. The van der Waals surface area contributed by atoms with Crippen LogP contribution in [-0.4, -0.2) is 37.6 Å². The molecule has 1 unspecified atom stereocenters. The van der Waals surface area contributed by atoms with Gasteiger partial charge in [0.1, 0.15) is 0 Å². The lowest BCUT2D eigenvalue weighted by atomic mass is 10.1. The third-order valence-corrected chi connectivity index (χ3v) is 3.30. The Bertz CT molecular complexity index is 141. The van der Waals surface area contributed by atoms with E-state index in [1.54, 1.807) is 0 Å². The zero-order chi connectivity index (χ0) is 10.9. The predicted octanol–water partition coefficient (Wildman–Crippen LogP) is 2.50. The molecule has 1 rings (SSSR count). The number of nitrogens with zero attached hydrogens (tertiary/aromatic N) is 1. The van der Waals surface area contributed by atoms with Crippen LogP contribution >= 0.6 is 0 Å². The second-order valence-corrected chi connectivity index (χ2v) is 5.00. The fourth-order valence-corrected chi connectivity index (χ4v) is 2.38. The van der Waals surface area contributed by atoms with Crippen LogP contribution in [0.15, 0.2) is 0 Å². The summed E-state index contributed by atoms with van der Waals surface area (Å²) in [6, 6.07) is 0. The maximum Gasteiger partial charge on any atom is -0.000664 e. The van der Waals surface area contributed by atoms with Crippen LogP contribution in [0.5, 0.6) is 0 Å². The standard InChI is InChI=1S/C13H28N2/c1-3-7-13(2)12-14-8-6-11-15-9-4-5-10-15/h13-14H,3-12H2,1-2H3. The number of nitrogens with one attached hydrogen (secondary N) is 1. The molecule has 15 heavy (non-hydrogen) atoms. The van der Waals surface area contributed by atoms with Gasteiger partial charge < -0.3 is 10.2 Å². The van der Waals surface area contributed by atoms with Gasteiger partial charge in [-0.1, -0.05) is 20.3 Å². The Morgan fingerprint density at radius 3 is 2.67 bits per heavy atom. The van der Waals surface area contributed by atoms with Gasteiger partial charge in [0.25, 0.3) is 0 Å². The maximum absolute atomic E-state index is 3.57. The monoisotopic (exact) mass is 212 g/mol. The van der Waals surface area contributed by atoms with Crippen LogP contribution in [0, 0.1) is 5.92 Å². The molecule has 0 saturated carbocycles. The van der Waals surface area contributed by atoms with E-state index in [1.165, 1.54) is 64.8 Å². The first kappa shape index (κ1) is 13.0. The van der Waals surface area contributed by atoms with Crippen molar-refractivity contribution in [2.75, 3.05) is 32.7 Å². The van der Waals surface area contributed by atoms with Gasteiger partial charge in [-0.2, -0.15) is 0 Å². The van der Waals surface area contributed by atoms with Crippen molar-refractivity contribution in [1.29, 1.82) is 0 Å². The molecule has 0 aromatic rings. The maximum atomic E-state index is 3.57. The molecule has 1 aliphatic heterocycles. The molecule has 2 nitrogen and oxygen atoms in total. The lowest BCUT2D eigenvalue weighted by Crippen LogP contribution is -2.27. The first-order chi connectivity index (χ1) is 7.33. The number of rotatable bonds is 8. The summed E-state index contributed by atoms with van der Waals surface area (Å²) < 4.78 is 0. The van der Waals surface area contributed by atoms with Crippen LogP contribution in [0.1, 0.15) is 46.0 Å². The fraction of sp³-hybridized carbons (Fsp3) is 1.00. The van der Waals surface area contributed by atoms with Gasteiger partial charge in [-0.15, -0.1) is 0 Å². The molecule has 0 spiro atoms. The molecule has 90 valence electrons. The summed E-state index contributed by atoms with van der Waals surface area (Å²) in [5, 5.41) is 3.57. The third-order valence-electron chi connectivity index (χ3n) is 3.30. The average molecular weight is 212 g/mol. The van der Waals surface area contributed by atoms with Gasteiger partial charge in [0.05, 0.1) is 0 Å². The highest BCUT2D eigenvalue weighted by Gasteiger charge is 2.09. The molecule has 0 aliphatic carbocycles. The molecule has 0 aromatic carbocycles. The van der Waals surface area contributed by atoms with Gasteiger partial charge in [-0.25, -0.2) is 0 Å². The molecule has 1 saturated heterocycles. The normalized spacial score (nSPS) is 19.6. The van der Waals surface area contributed by atoms with E-state index in [0.29, 0.717) is 0 Å². The van der Waals surface area contributed by atoms with E-state index in [4.69, 9.17) is 0 Å². The molecule has 1 aliphatic rings. The van der Waals surface area contributed by atoms with Crippen LogP contribution in [-0.2, 0) is 0 Å². The minimum atomic E-state index is 0.849. The number of hydrogen-bond acceptors (Lipinski definition) is 2. The highest BCUT2D eigenvalue weighted by Crippen LogP contribution is 2.07. The van der Waals surface area contributed by atoms with E-state index in [-0.39, 0.29) is 0 Å². The molecular formula is C13H28N2. The summed E-state index contributed by atoms with van der Waals surface area (Å²) in [7, 11) is 0. The zero-order valence-corrected chi connectivity index (χ0v) is 10.6. The number of likely N-dealkylation sites (tertiary alicyclic amines) is 1. The van der Waals surface area contributed by atoms with Crippen LogP contribution in [0.4, 0.5) is 0 Å². The lowest BCUT2D eigenvalue weighted by Gasteiger charge is -2.15. The predicted molar refractivity (Wildman–Crippen MR) is 67.2 cm³/mol. The zero-order valence-electron chi connectivity index (χ0n) is 10.6. The van der Waals surface area contributed by atoms with E-state index in [2.05, 4.69) is 24.1 Å². The molecule has 0 aromatic heterocycles. The molecule has 1 fully saturated rings. The second kappa shape index (κ2) is 8.12. The van der Waals surface area contributed by atoms with Gasteiger partial charge in [0.15, 0.2) is 0 Å². The summed E-state index contributed by atoms with van der Waals surface area (Å²) in [4.78, 5) is 2.59. The Balaban J connectivity index is 1.84. The minimum absolute atomic E-state index is 0.849. The van der Waals surface area contributed by atoms with Crippen molar-refractivity contribution >= 4 is 0 Å². The summed E-state index contributed by atoms with van der Waals surface area (Å²) in [5.41, 5.74) is 0. The summed E-state index contributed by atoms with van der Waals surface area (Å²) in [5.74, 6) is 0.849. The van der Waals surface area contributed by atoms with Crippen molar-refractivity contribution in [2.45, 2.75) is 46.0 Å². The number of hydrogen-bond donors (Lipinski definition) is 1. The van der Waals surface area contributed by atoms with Crippen molar-refractivity contribution in [1.82, 2.24) is 10.2 Å². The largest absolute Gasteiger partial charge is 0.316 e. The lowest BCUT2D eigenvalue weighted by molar-refractivity contribution is 0.328. The van der Waals surface area contributed by atoms with Crippen molar-refractivity contribution in [3.05, 3.63) is 0 Å². The van der Waals surface area contributed by atoms with Crippen molar-refractivity contribution in [3.8, 4) is 0 Å². The molecule has 2 heteroatoms. The van der Waals surface area contributed by atoms with E-state index in [9.17, 15) is 0 Å². The van der Waals surface area contributed by atoms with Crippen molar-refractivity contribution in [3.63, 3.8) is 0 Å². The Morgan fingerprint density at radius 1 is 1.27 bits per heavy atom. The smallest absolute Gasteiger partial charge is 0.000664 e. The topological polar surface area (TPSA) is 15.3 Å². The summed E-state index contributed by atoms with van der Waals surface area (Å²) >= 11 is 0. The van der Waals surface area contributed by atoms with Gasteiger partial charge in [0.2, 0.25) is 0 Å². The first-order valence-corrected chi connectivity index (χ1v) is 6.76. The molecule has 1 N–H and O–H groups in total. The molecule has 1 atom stereocenters.